The molecule has 0 aliphatic carbocycles. The number of thiol groups is 1. The van der Waals surface area contributed by atoms with Crippen LogP contribution in [0, 0.1) is 12.5 Å². The maximum absolute atomic E-state index is 6.53. The van der Waals surface area contributed by atoms with E-state index in [1.54, 1.807) is 0 Å². The fourth-order valence-corrected chi connectivity index (χ4v) is 0.646. The molecule has 0 aromatic carbocycles. The van der Waals surface area contributed by atoms with Crippen LogP contribution in [0.3, 0.4) is 0 Å². The summed E-state index contributed by atoms with van der Waals surface area (Å²) in [5, 5.41) is 0.402. The molecule has 0 aliphatic rings. The highest BCUT2D eigenvalue weighted by molar-refractivity contribution is 7.81. The molecular weight excluding hydrogens is 130 g/mol. The van der Waals surface area contributed by atoms with Gasteiger partial charge in [0.25, 0.3) is 0 Å². The van der Waals surface area contributed by atoms with Gasteiger partial charge in [-0.15, -0.1) is 0 Å². The number of rotatable bonds is 3. The normalized spacial score (nSPS) is 13.2. The monoisotopic (exact) mass is 143 g/mol. The lowest BCUT2D eigenvalue weighted by atomic mass is 10.1. The molecule has 0 spiro atoms. The van der Waals surface area contributed by atoms with Crippen molar-refractivity contribution in [3.63, 3.8) is 0 Å². The maximum atomic E-state index is 6.53. The van der Waals surface area contributed by atoms with Gasteiger partial charge in [-0.05, 0) is 5.92 Å². The van der Waals surface area contributed by atoms with Crippen LogP contribution in [0.2, 0.25) is 0 Å². The first-order valence-electron chi connectivity index (χ1n) is 3.19. The van der Waals surface area contributed by atoms with Crippen molar-refractivity contribution < 1.29 is 0 Å². The van der Waals surface area contributed by atoms with Gasteiger partial charge in [0, 0.05) is 11.7 Å². The minimum Gasteiger partial charge on any atom is -0.317 e. The Kier molecular flexibility index (Phi) is 4.61. The number of nitrogens with zero attached hydrogens (tertiary/aromatic N) is 1. The van der Waals surface area contributed by atoms with E-state index >= 15 is 0 Å². The second-order valence-electron chi connectivity index (χ2n) is 2.48. The molecule has 0 rings (SSSR count). The van der Waals surface area contributed by atoms with Crippen LogP contribution in [-0.2, 0) is 0 Å². The van der Waals surface area contributed by atoms with Crippen molar-refractivity contribution in [1.29, 1.82) is 0 Å². The fraction of sp³-hybridized carbons (Fsp3) is 0.857. The minimum atomic E-state index is 0.402. The quantitative estimate of drug-likeness (QED) is 0.456. The number of hydrogen-bond donors (Lipinski definition) is 1. The van der Waals surface area contributed by atoms with Gasteiger partial charge in [0.15, 0.2) is 0 Å². The van der Waals surface area contributed by atoms with Gasteiger partial charge in [0.2, 0.25) is 6.54 Å². The molecule has 0 radical (unpaired) electrons. The maximum Gasteiger partial charge on any atom is 0.215 e. The van der Waals surface area contributed by atoms with E-state index in [1.807, 2.05) is 0 Å². The first-order valence-corrected chi connectivity index (χ1v) is 3.71. The van der Waals surface area contributed by atoms with E-state index in [0.717, 1.165) is 6.42 Å². The zero-order valence-electron chi connectivity index (χ0n) is 5.96. The molecule has 0 heterocycles. The van der Waals surface area contributed by atoms with Crippen LogP contribution in [0.4, 0.5) is 0 Å². The second kappa shape index (κ2) is 4.69. The molecule has 2 heteroatoms. The topological polar surface area (TPSA) is 4.36 Å². The Morgan fingerprint density at radius 3 is 2.44 bits per heavy atom. The molecule has 0 bridgehead atoms. The highest BCUT2D eigenvalue weighted by atomic mass is 32.1. The minimum absolute atomic E-state index is 0.402. The van der Waals surface area contributed by atoms with Crippen molar-refractivity contribution in [3.05, 3.63) is 11.4 Å². The average Bonchev–Trinajstić information content (AvgIpc) is 1.82. The lowest BCUT2D eigenvalue weighted by molar-refractivity contribution is 0.592. The fourth-order valence-electron chi connectivity index (χ4n) is 0.530. The van der Waals surface area contributed by atoms with Gasteiger partial charge in [0.1, 0.15) is 0 Å². The lowest BCUT2D eigenvalue weighted by Gasteiger charge is -2.09. The smallest absolute Gasteiger partial charge is 0.215 e. The van der Waals surface area contributed by atoms with Gasteiger partial charge in [-0.25, -0.2) is 6.57 Å². The molecule has 0 aromatic heterocycles. The van der Waals surface area contributed by atoms with E-state index in [2.05, 4.69) is 31.3 Å². The molecule has 52 valence electrons. The van der Waals surface area contributed by atoms with Crippen LogP contribution < -0.4 is 0 Å². The molecule has 1 nitrogen and oxygen atoms in total. The van der Waals surface area contributed by atoms with Crippen LogP contribution in [-0.4, -0.2) is 11.8 Å². The standard InChI is InChI=1S/C7H13NS/c1-6(2)7(9)4-5-8-3/h6-7,9H,4-5H2,1-2H3. The van der Waals surface area contributed by atoms with Crippen molar-refractivity contribution >= 4 is 12.6 Å². The third-order valence-corrected chi connectivity index (χ3v) is 2.16. The van der Waals surface area contributed by atoms with E-state index in [9.17, 15) is 0 Å². The molecule has 0 fully saturated rings. The van der Waals surface area contributed by atoms with Gasteiger partial charge in [-0.1, -0.05) is 13.8 Å². The Morgan fingerprint density at radius 1 is 1.56 bits per heavy atom. The van der Waals surface area contributed by atoms with E-state index < -0.39 is 0 Å². The Bertz CT molecular complexity index is 104. The molecular formula is C7H13NS. The van der Waals surface area contributed by atoms with Crippen molar-refractivity contribution in [1.82, 2.24) is 0 Å². The van der Waals surface area contributed by atoms with Crippen molar-refractivity contribution in [2.45, 2.75) is 25.5 Å². The third-order valence-electron chi connectivity index (χ3n) is 1.31. The Morgan fingerprint density at radius 2 is 2.11 bits per heavy atom. The Balaban J connectivity index is 3.29. The highest BCUT2D eigenvalue weighted by Gasteiger charge is 2.07. The SMILES string of the molecule is [C-]#[N+]CCC(S)C(C)C. The van der Waals surface area contributed by atoms with Crippen LogP contribution >= 0.6 is 12.6 Å². The summed E-state index contributed by atoms with van der Waals surface area (Å²) in [4.78, 5) is 3.26. The van der Waals surface area contributed by atoms with E-state index in [4.69, 9.17) is 6.57 Å². The predicted molar refractivity (Wildman–Crippen MR) is 43.7 cm³/mol. The number of hydrogen-bond acceptors (Lipinski definition) is 1. The largest absolute Gasteiger partial charge is 0.317 e. The summed E-state index contributed by atoms with van der Waals surface area (Å²) in [7, 11) is 0. The zero-order chi connectivity index (χ0) is 7.28. The second-order valence-corrected chi connectivity index (χ2v) is 3.15. The third kappa shape index (κ3) is 4.35. The molecule has 0 saturated heterocycles. The summed E-state index contributed by atoms with van der Waals surface area (Å²) in [6, 6.07) is 0. The van der Waals surface area contributed by atoms with Gasteiger partial charge in [-0.3, -0.25) is 0 Å². The lowest BCUT2D eigenvalue weighted by Crippen LogP contribution is -2.08. The molecule has 9 heavy (non-hydrogen) atoms. The molecule has 0 N–H and O–H groups in total. The zero-order valence-corrected chi connectivity index (χ0v) is 6.86. The van der Waals surface area contributed by atoms with Gasteiger partial charge in [-0.2, -0.15) is 12.6 Å². The molecule has 1 atom stereocenters. The molecule has 0 amide bonds. The predicted octanol–water partition coefficient (Wildman–Crippen LogP) is 2.25. The summed E-state index contributed by atoms with van der Waals surface area (Å²) >= 11 is 4.32. The summed E-state index contributed by atoms with van der Waals surface area (Å²) in [5.41, 5.74) is 0. The summed E-state index contributed by atoms with van der Waals surface area (Å²) < 4.78 is 0. The first kappa shape index (κ1) is 8.84. The summed E-state index contributed by atoms with van der Waals surface area (Å²) in [6.45, 7) is 11.4. The van der Waals surface area contributed by atoms with Crippen molar-refractivity contribution in [2.75, 3.05) is 6.54 Å². The summed E-state index contributed by atoms with van der Waals surface area (Å²) in [5.74, 6) is 0.593. The summed E-state index contributed by atoms with van der Waals surface area (Å²) in [6.07, 6.45) is 0.921. The van der Waals surface area contributed by atoms with E-state index in [-0.39, 0.29) is 0 Å². The molecule has 1 unspecified atom stereocenters. The van der Waals surface area contributed by atoms with Crippen molar-refractivity contribution in [2.24, 2.45) is 5.92 Å². The van der Waals surface area contributed by atoms with Crippen molar-refractivity contribution in [3.8, 4) is 0 Å². The molecule has 0 aromatic rings. The van der Waals surface area contributed by atoms with E-state index in [0.29, 0.717) is 17.7 Å². The molecule has 0 aliphatic heterocycles. The van der Waals surface area contributed by atoms with Crippen LogP contribution in [0.15, 0.2) is 0 Å². The Hall–Kier alpha value is -0.160. The Labute approximate surface area is 62.7 Å². The van der Waals surface area contributed by atoms with Gasteiger partial charge < -0.3 is 4.85 Å². The van der Waals surface area contributed by atoms with Crippen LogP contribution in [0.25, 0.3) is 4.85 Å². The molecule has 0 saturated carbocycles. The van der Waals surface area contributed by atoms with Gasteiger partial charge in [0.05, 0.1) is 0 Å². The first-order chi connectivity index (χ1) is 4.18. The van der Waals surface area contributed by atoms with Gasteiger partial charge >= 0.3 is 0 Å². The highest BCUT2D eigenvalue weighted by Crippen LogP contribution is 2.12. The van der Waals surface area contributed by atoms with E-state index in [1.165, 1.54) is 0 Å². The average molecular weight is 143 g/mol. The van der Waals surface area contributed by atoms with Crippen LogP contribution in [0.5, 0.6) is 0 Å². The van der Waals surface area contributed by atoms with Crippen LogP contribution in [0.1, 0.15) is 20.3 Å².